The highest BCUT2D eigenvalue weighted by Gasteiger charge is 2.18. The van der Waals surface area contributed by atoms with Crippen LogP contribution in [0.5, 0.6) is 5.75 Å². The van der Waals surface area contributed by atoms with Gasteiger partial charge in [-0.25, -0.2) is 4.98 Å². The Labute approximate surface area is 178 Å². The van der Waals surface area contributed by atoms with E-state index in [1.807, 2.05) is 83.4 Å². The van der Waals surface area contributed by atoms with E-state index in [2.05, 4.69) is 6.07 Å². The van der Waals surface area contributed by atoms with Gasteiger partial charge in [-0.15, -0.1) is 0 Å². The summed E-state index contributed by atoms with van der Waals surface area (Å²) in [6.07, 6.45) is 1.97. The molecule has 0 saturated heterocycles. The lowest BCUT2D eigenvalue weighted by atomic mass is 10.0. The number of methoxy groups -OCH3 is 1. The smallest absolute Gasteiger partial charge is 0.156 e. The zero-order chi connectivity index (χ0) is 20.7. The summed E-state index contributed by atoms with van der Waals surface area (Å²) in [4.78, 5) is 4.92. The van der Waals surface area contributed by atoms with Gasteiger partial charge < -0.3 is 4.74 Å². The van der Waals surface area contributed by atoms with Gasteiger partial charge in [-0.1, -0.05) is 54.1 Å². The van der Waals surface area contributed by atoms with Crippen LogP contribution in [0, 0.1) is 11.3 Å². The minimum Gasteiger partial charge on any atom is -0.497 e. The summed E-state index contributed by atoms with van der Waals surface area (Å²) < 4.78 is 7.23. The topological polar surface area (TPSA) is 50.3 Å². The Morgan fingerprint density at radius 1 is 0.967 bits per heavy atom. The number of benzene rings is 3. The number of nitriles is 1. The van der Waals surface area contributed by atoms with Gasteiger partial charge in [0.1, 0.15) is 17.4 Å². The molecule has 0 radical (unpaired) electrons. The van der Waals surface area contributed by atoms with Gasteiger partial charge in [-0.2, -0.15) is 5.26 Å². The molecule has 0 aliphatic rings. The Kier molecular flexibility index (Phi) is 4.39. The van der Waals surface area contributed by atoms with Gasteiger partial charge in [0.15, 0.2) is 5.65 Å². The normalized spacial score (nSPS) is 11.0. The lowest BCUT2D eigenvalue weighted by Crippen LogP contribution is -1.95. The van der Waals surface area contributed by atoms with E-state index in [-0.39, 0.29) is 0 Å². The molecule has 144 valence electrons. The largest absolute Gasteiger partial charge is 0.497 e. The summed E-state index contributed by atoms with van der Waals surface area (Å²) in [6, 6.07) is 25.7. The number of ether oxygens (including phenoxy) is 1. The molecule has 30 heavy (non-hydrogen) atoms. The van der Waals surface area contributed by atoms with E-state index < -0.39 is 0 Å². The van der Waals surface area contributed by atoms with Crippen molar-refractivity contribution in [1.29, 1.82) is 5.26 Å². The van der Waals surface area contributed by atoms with E-state index in [1.54, 1.807) is 7.11 Å². The van der Waals surface area contributed by atoms with Gasteiger partial charge in [-0.3, -0.25) is 4.40 Å². The molecule has 3 aromatic carbocycles. The molecule has 0 saturated carbocycles. The van der Waals surface area contributed by atoms with Crippen molar-refractivity contribution in [2.75, 3.05) is 7.11 Å². The quantitative estimate of drug-likeness (QED) is 0.348. The van der Waals surface area contributed by atoms with Gasteiger partial charge in [-0.05, 0) is 35.9 Å². The van der Waals surface area contributed by atoms with Crippen LogP contribution in [0.1, 0.15) is 5.56 Å². The van der Waals surface area contributed by atoms with E-state index >= 15 is 0 Å². The van der Waals surface area contributed by atoms with Crippen LogP contribution in [0.4, 0.5) is 0 Å². The van der Waals surface area contributed by atoms with E-state index in [1.165, 1.54) is 0 Å². The second kappa shape index (κ2) is 7.22. The molecular formula is C25H16ClN3O. The molecule has 2 aromatic heterocycles. The summed E-state index contributed by atoms with van der Waals surface area (Å²) >= 11 is 6.32. The summed E-state index contributed by atoms with van der Waals surface area (Å²) in [7, 11) is 1.63. The lowest BCUT2D eigenvalue weighted by molar-refractivity contribution is 0.415. The molecule has 0 aliphatic carbocycles. The van der Waals surface area contributed by atoms with Crippen molar-refractivity contribution in [3.63, 3.8) is 0 Å². The molecule has 5 rings (SSSR count). The number of nitrogens with zero attached hydrogens (tertiary/aromatic N) is 3. The Morgan fingerprint density at radius 2 is 1.73 bits per heavy atom. The molecule has 0 N–H and O–H groups in total. The number of fused-ring (bicyclic) bond motifs is 3. The molecular weight excluding hydrogens is 394 g/mol. The maximum Gasteiger partial charge on any atom is 0.156 e. The predicted molar refractivity (Wildman–Crippen MR) is 120 cm³/mol. The van der Waals surface area contributed by atoms with E-state index in [4.69, 9.17) is 21.3 Å². The highest BCUT2D eigenvalue weighted by Crippen LogP contribution is 2.35. The molecule has 0 atom stereocenters. The highest BCUT2D eigenvalue weighted by atomic mass is 35.5. The van der Waals surface area contributed by atoms with E-state index in [0.717, 1.165) is 39.0 Å². The van der Waals surface area contributed by atoms with Crippen LogP contribution in [0.15, 0.2) is 79.0 Å². The second-order valence-corrected chi connectivity index (χ2v) is 7.38. The monoisotopic (exact) mass is 409 g/mol. The summed E-state index contributed by atoms with van der Waals surface area (Å²) in [5, 5.41) is 11.6. The number of aromatic nitrogens is 2. The van der Waals surface area contributed by atoms with Crippen molar-refractivity contribution in [2.45, 2.75) is 0 Å². The van der Waals surface area contributed by atoms with Gasteiger partial charge in [0.25, 0.3) is 0 Å². The minimum absolute atomic E-state index is 0.536. The summed E-state index contributed by atoms with van der Waals surface area (Å²) in [5.74, 6) is 0.769. The molecule has 5 heteroatoms. The SMILES string of the molecule is COc1ccc(-c2cn3c(nc(-c4ccccc4)c4cc(Cl)ccc43)c2C#N)cc1. The maximum absolute atomic E-state index is 10.00. The molecule has 0 bridgehead atoms. The van der Waals surface area contributed by atoms with E-state index in [9.17, 15) is 5.26 Å². The van der Waals surface area contributed by atoms with Crippen LogP contribution in [0.3, 0.4) is 0 Å². The molecule has 0 amide bonds. The van der Waals surface area contributed by atoms with E-state index in [0.29, 0.717) is 16.2 Å². The molecule has 0 fully saturated rings. The third-order valence-electron chi connectivity index (χ3n) is 5.23. The summed E-state index contributed by atoms with van der Waals surface area (Å²) in [5.41, 5.74) is 5.64. The average Bonchev–Trinajstić information content (AvgIpc) is 3.17. The van der Waals surface area contributed by atoms with Gasteiger partial charge in [0.05, 0.1) is 18.3 Å². The molecule has 2 heterocycles. The zero-order valence-corrected chi connectivity index (χ0v) is 16.9. The average molecular weight is 410 g/mol. The van der Waals surface area contributed by atoms with Crippen LogP contribution in [0.2, 0.25) is 5.02 Å². The standard InChI is InChI=1S/C25H16ClN3O/c1-30-19-10-7-16(8-11-19)22-15-29-23-12-9-18(26)13-20(23)24(17-5-3-2-4-6-17)28-25(29)21(22)14-27/h2-13,15H,1H3. The van der Waals surface area contributed by atoms with Crippen molar-refractivity contribution in [3.05, 3.63) is 89.6 Å². The lowest BCUT2D eigenvalue weighted by Gasteiger charge is -2.09. The maximum atomic E-state index is 10.00. The first-order chi connectivity index (χ1) is 14.7. The molecule has 0 spiro atoms. The number of hydrogen-bond donors (Lipinski definition) is 0. The summed E-state index contributed by atoms with van der Waals surface area (Å²) in [6.45, 7) is 0. The number of rotatable bonds is 3. The Morgan fingerprint density at radius 3 is 2.43 bits per heavy atom. The molecule has 0 unspecified atom stereocenters. The first-order valence-corrected chi connectivity index (χ1v) is 9.81. The van der Waals surface area contributed by atoms with Crippen LogP contribution in [0.25, 0.3) is 38.9 Å². The molecule has 0 aliphatic heterocycles. The minimum atomic E-state index is 0.536. The third kappa shape index (κ3) is 2.88. The van der Waals surface area contributed by atoms with Gasteiger partial charge in [0.2, 0.25) is 0 Å². The Balaban J connectivity index is 1.87. The predicted octanol–water partition coefficient (Wildman–Crippen LogP) is 6.36. The van der Waals surface area contributed by atoms with Crippen molar-refractivity contribution in [2.24, 2.45) is 0 Å². The second-order valence-electron chi connectivity index (χ2n) is 6.94. The fourth-order valence-electron chi connectivity index (χ4n) is 3.78. The van der Waals surface area contributed by atoms with Gasteiger partial charge in [0, 0.05) is 27.7 Å². The van der Waals surface area contributed by atoms with Crippen molar-refractivity contribution in [1.82, 2.24) is 9.38 Å². The molecule has 5 aromatic rings. The Bertz CT molecular complexity index is 1430. The zero-order valence-electron chi connectivity index (χ0n) is 16.1. The van der Waals surface area contributed by atoms with Crippen molar-refractivity contribution >= 4 is 28.2 Å². The van der Waals surface area contributed by atoms with Crippen LogP contribution in [-0.2, 0) is 0 Å². The van der Waals surface area contributed by atoms with Crippen molar-refractivity contribution < 1.29 is 4.74 Å². The van der Waals surface area contributed by atoms with Crippen molar-refractivity contribution in [3.8, 4) is 34.2 Å². The van der Waals surface area contributed by atoms with Crippen LogP contribution < -0.4 is 4.74 Å². The third-order valence-corrected chi connectivity index (χ3v) is 5.47. The fraction of sp³-hybridized carbons (Fsp3) is 0.0400. The number of halogens is 1. The first kappa shape index (κ1) is 18.2. The van der Waals surface area contributed by atoms with Crippen LogP contribution in [-0.4, -0.2) is 16.5 Å². The van der Waals surface area contributed by atoms with Gasteiger partial charge >= 0.3 is 0 Å². The Hall–Kier alpha value is -3.81. The molecule has 4 nitrogen and oxygen atoms in total. The highest BCUT2D eigenvalue weighted by molar-refractivity contribution is 6.31. The van der Waals surface area contributed by atoms with Crippen LogP contribution >= 0.6 is 11.6 Å². The first-order valence-electron chi connectivity index (χ1n) is 9.44. The number of hydrogen-bond acceptors (Lipinski definition) is 3. The fourth-order valence-corrected chi connectivity index (χ4v) is 3.95.